The average Bonchev–Trinajstić information content (AvgIpc) is 2.46. The SMILES string of the molecule is CCO[Si](CCc1ccc(CI)cc1)(OCC)OCC. The molecule has 0 heterocycles. The lowest BCUT2D eigenvalue weighted by Crippen LogP contribution is -2.46. The van der Waals surface area contributed by atoms with Crippen molar-refractivity contribution in [3.8, 4) is 0 Å². The molecule has 114 valence electrons. The fraction of sp³-hybridized carbons (Fsp3) is 0.600. The molecule has 5 heteroatoms. The molecule has 0 saturated carbocycles. The molecule has 3 nitrogen and oxygen atoms in total. The highest BCUT2D eigenvalue weighted by Gasteiger charge is 2.39. The summed E-state index contributed by atoms with van der Waals surface area (Å²) in [7, 11) is -2.50. The van der Waals surface area contributed by atoms with Gasteiger partial charge in [0.25, 0.3) is 0 Å². The number of alkyl halides is 1. The summed E-state index contributed by atoms with van der Waals surface area (Å²) in [6.07, 6.45) is 0.938. The van der Waals surface area contributed by atoms with E-state index in [1.807, 2.05) is 20.8 Å². The molecule has 0 aromatic heterocycles. The van der Waals surface area contributed by atoms with Crippen molar-refractivity contribution in [3.05, 3.63) is 35.4 Å². The zero-order valence-electron chi connectivity index (χ0n) is 12.7. The maximum atomic E-state index is 5.87. The van der Waals surface area contributed by atoms with E-state index in [4.69, 9.17) is 13.3 Å². The van der Waals surface area contributed by atoms with Crippen LogP contribution in [0.5, 0.6) is 0 Å². The summed E-state index contributed by atoms with van der Waals surface area (Å²) < 4.78 is 18.7. The standard InChI is InChI=1S/C15H25IO3Si/c1-4-17-20(18-5-2,19-6-3)12-11-14-7-9-15(13-16)10-8-14/h7-10H,4-6,11-13H2,1-3H3. The van der Waals surface area contributed by atoms with E-state index in [1.165, 1.54) is 11.1 Å². The molecule has 0 aliphatic carbocycles. The monoisotopic (exact) mass is 408 g/mol. The highest BCUT2D eigenvalue weighted by atomic mass is 127. The van der Waals surface area contributed by atoms with Crippen molar-refractivity contribution >= 4 is 31.4 Å². The first-order valence-electron chi connectivity index (χ1n) is 7.25. The molecule has 0 radical (unpaired) electrons. The molecule has 0 unspecified atom stereocenters. The van der Waals surface area contributed by atoms with E-state index < -0.39 is 8.80 Å². The molecule has 0 aliphatic heterocycles. The number of hydrogen-bond acceptors (Lipinski definition) is 3. The lowest BCUT2D eigenvalue weighted by Gasteiger charge is -2.28. The minimum Gasteiger partial charge on any atom is -0.374 e. The first-order valence-corrected chi connectivity index (χ1v) is 10.7. The van der Waals surface area contributed by atoms with Crippen molar-refractivity contribution in [1.29, 1.82) is 0 Å². The summed E-state index contributed by atoms with van der Waals surface area (Å²) in [5.41, 5.74) is 2.67. The average molecular weight is 408 g/mol. The van der Waals surface area contributed by atoms with Crippen LogP contribution < -0.4 is 0 Å². The molecule has 1 aromatic carbocycles. The fourth-order valence-corrected chi connectivity index (χ4v) is 5.20. The number of aryl methyl sites for hydroxylation is 1. The Kier molecular flexibility index (Phi) is 8.95. The first kappa shape index (κ1) is 18.1. The molecule has 0 atom stereocenters. The van der Waals surface area contributed by atoms with E-state index in [0.717, 1.165) is 16.9 Å². The topological polar surface area (TPSA) is 27.7 Å². The Morgan fingerprint density at radius 3 is 1.70 bits per heavy atom. The Morgan fingerprint density at radius 2 is 1.30 bits per heavy atom. The second kappa shape index (κ2) is 9.89. The second-order valence-electron chi connectivity index (χ2n) is 4.43. The molecule has 0 N–H and O–H groups in total. The van der Waals surface area contributed by atoms with Crippen LogP contribution in [0, 0.1) is 0 Å². The van der Waals surface area contributed by atoms with E-state index in [1.54, 1.807) is 0 Å². The summed E-state index contributed by atoms with van der Waals surface area (Å²) in [4.78, 5) is 0. The molecule has 0 bridgehead atoms. The van der Waals surface area contributed by atoms with Crippen LogP contribution in [0.2, 0.25) is 6.04 Å². The number of benzene rings is 1. The first-order chi connectivity index (χ1) is 9.69. The third kappa shape index (κ3) is 5.81. The van der Waals surface area contributed by atoms with Gasteiger partial charge in [0.1, 0.15) is 0 Å². The van der Waals surface area contributed by atoms with Gasteiger partial charge in [-0.25, -0.2) is 0 Å². The highest BCUT2D eigenvalue weighted by molar-refractivity contribution is 14.1. The Morgan fingerprint density at radius 1 is 0.850 bits per heavy atom. The summed E-state index contributed by atoms with van der Waals surface area (Å²) in [5.74, 6) is 0. The van der Waals surface area contributed by atoms with Crippen LogP contribution in [0.15, 0.2) is 24.3 Å². The van der Waals surface area contributed by atoms with Gasteiger partial charge in [-0.15, -0.1) is 0 Å². The van der Waals surface area contributed by atoms with Gasteiger partial charge in [0, 0.05) is 30.3 Å². The number of halogens is 1. The van der Waals surface area contributed by atoms with Crippen molar-refractivity contribution in [1.82, 2.24) is 0 Å². The quantitative estimate of drug-likeness (QED) is 0.330. The highest BCUT2D eigenvalue weighted by Crippen LogP contribution is 2.20. The zero-order valence-corrected chi connectivity index (χ0v) is 15.8. The van der Waals surface area contributed by atoms with Gasteiger partial charge in [0.05, 0.1) is 0 Å². The third-order valence-corrected chi connectivity index (χ3v) is 6.92. The van der Waals surface area contributed by atoms with Crippen molar-refractivity contribution in [2.24, 2.45) is 0 Å². The van der Waals surface area contributed by atoms with Gasteiger partial charge in [-0.3, -0.25) is 0 Å². The van der Waals surface area contributed by atoms with Crippen LogP contribution in [-0.4, -0.2) is 28.6 Å². The molecule has 0 aliphatic rings. The normalized spacial score (nSPS) is 11.8. The zero-order chi connectivity index (χ0) is 14.8. The Hall–Kier alpha value is 0.0469. The van der Waals surface area contributed by atoms with Gasteiger partial charge >= 0.3 is 8.80 Å². The molecular weight excluding hydrogens is 383 g/mol. The van der Waals surface area contributed by atoms with E-state index in [2.05, 4.69) is 46.9 Å². The Bertz CT molecular complexity index is 353. The molecule has 1 rings (SSSR count). The maximum absolute atomic E-state index is 5.87. The number of hydrogen-bond donors (Lipinski definition) is 0. The summed E-state index contributed by atoms with van der Waals surface area (Å²) in [5, 5.41) is 0. The van der Waals surface area contributed by atoms with Crippen molar-refractivity contribution in [2.45, 2.75) is 37.7 Å². The number of rotatable bonds is 10. The van der Waals surface area contributed by atoms with E-state index in [-0.39, 0.29) is 0 Å². The maximum Gasteiger partial charge on any atom is 0.501 e. The van der Waals surface area contributed by atoms with Crippen molar-refractivity contribution < 1.29 is 13.3 Å². The predicted molar refractivity (Wildman–Crippen MR) is 93.3 cm³/mol. The molecule has 0 fully saturated rings. The summed E-state index contributed by atoms with van der Waals surface area (Å²) in [6, 6.07) is 9.60. The van der Waals surface area contributed by atoms with Crippen LogP contribution in [0.4, 0.5) is 0 Å². The van der Waals surface area contributed by atoms with Gasteiger partial charge < -0.3 is 13.3 Å². The van der Waals surface area contributed by atoms with Crippen LogP contribution in [0.1, 0.15) is 31.9 Å². The fourth-order valence-electron chi connectivity index (χ4n) is 2.09. The lowest BCUT2D eigenvalue weighted by atomic mass is 10.1. The summed E-state index contributed by atoms with van der Waals surface area (Å²) in [6.45, 7) is 7.90. The van der Waals surface area contributed by atoms with Crippen LogP contribution >= 0.6 is 22.6 Å². The Labute approximate surface area is 137 Å². The van der Waals surface area contributed by atoms with Gasteiger partial charge in [-0.05, 0) is 38.3 Å². The Balaban J connectivity index is 2.67. The van der Waals surface area contributed by atoms with Crippen molar-refractivity contribution in [3.63, 3.8) is 0 Å². The third-order valence-electron chi connectivity index (χ3n) is 2.99. The molecule has 1 aromatic rings. The molecule has 20 heavy (non-hydrogen) atoms. The lowest BCUT2D eigenvalue weighted by molar-refractivity contribution is 0.0714. The minimum atomic E-state index is -2.50. The van der Waals surface area contributed by atoms with Crippen LogP contribution in [0.3, 0.4) is 0 Å². The van der Waals surface area contributed by atoms with Gasteiger partial charge in [-0.2, -0.15) is 0 Å². The smallest absolute Gasteiger partial charge is 0.374 e. The van der Waals surface area contributed by atoms with E-state index in [9.17, 15) is 0 Å². The molecular formula is C15H25IO3Si. The van der Waals surface area contributed by atoms with E-state index in [0.29, 0.717) is 19.8 Å². The van der Waals surface area contributed by atoms with Gasteiger partial charge in [-0.1, -0.05) is 46.9 Å². The largest absolute Gasteiger partial charge is 0.501 e. The van der Waals surface area contributed by atoms with E-state index >= 15 is 0 Å². The van der Waals surface area contributed by atoms with Crippen LogP contribution in [0.25, 0.3) is 0 Å². The minimum absolute atomic E-state index is 0.639. The van der Waals surface area contributed by atoms with Crippen LogP contribution in [-0.2, 0) is 24.1 Å². The van der Waals surface area contributed by atoms with Crippen molar-refractivity contribution in [2.75, 3.05) is 19.8 Å². The molecule has 0 spiro atoms. The molecule has 0 amide bonds. The molecule has 0 saturated heterocycles. The second-order valence-corrected chi connectivity index (χ2v) is 7.93. The summed E-state index contributed by atoms with van der Waals surface area (Å²) >= 11 is 2.38. The van der Waals surface area contributed by atoms with Gasteiger partial charge in [0.15, 0.2) is 0 Å². The predicted octanol–water partition coefficient (Wildman–Crippen LogP) is 4.21. The van der Waals surface area contributed by atoms with Gasteiger partial charge in [0.2, 0.25) is 0 Å².